The van der Waals surface area contributed by atoms with Gasteiger partial charge in [-0.25, -0.2) is 0 Å². The molecule has 1 rings (SSSR count). The third kappa shape index (κ3) is 19.6. The highest BCUT2D eigenvalue weighted by Gasteiger charge is 2.04. The lowest BCUT2D eigenvalue weighted by molar-refractivity contribution is -0.108. The Kier molecular flexibility index (Phi) is 14.4. The lowest BCUT2D eigenvalue weighted by Gasteiger charge is -2.14. The maximum absolute atomic E-state index is 9.84. The molecule has 0 saturated carbocycles. The van der Waals surface area contributed by atoms with Gasteiger partial charge in [0.05, 0.1) is 17.4 Å². The van der Waals surface area contributed by atoms with Crippen molar-refractivity contribution in [3.05, 3.63) is 22.9 Å². The lowest BCUT2D eigenvalue weighted by atomic mass is 10.2. The molecule has 0 fully saturated rings. The van der Waals surface area contributed by atoms with E-state index in [4.69, 9.17) is 21.4 Å². The summed E-state index contributed by atoms with van der Waals surface area (Å²) in [5, 5.41) is 12.6. The third-order valence-electron chi connectivity index (χ3n) is 2.27. The number of allylic oxidation sites excluding steroid dienone is 4. The highest BCUT2D eigenvalue weighted by atomic mass is 35.5. The second-order valence-corrected chi connectivity index (χ2v) is 6.68. The molecule has 4 nitrogen and oxygen atoms in total. The predicted octanol–water partition coefficient (Wildman–Crippen LogP) is 4.16. The molecular formula is C15H29ClNO3P. The number of methoxy groups -OCH3 is 1. The maximum Gasteiger partial charge on any atom is 0.136 e. The van der Waals surface area contributed by atoms with E-state index in [0.717, 1.165) is 17.7 Å². The summed E-state index contributed by atoms with van der Waals surface area (Å²) in [6.45, 7) is 9.90. The molecule has 0 spiro atoms. The molecule has 0 aromatic carbocycles. The molecule has 0 bridgehead atoms. The van der Waals surface area contributed by atoms with Gasteiger partial charge in [0, 0.05) is 18.6 Å². The lowest BCUT2D eigenvalue weighted by Crippen LogP contribution is -2.17. The Morgan fingerprint density at radius 1 is 1.43 bits per heavy atom. The number of aliphatic hydroxyl groups is 1. The molecule has 0 saturated heterocycles. The van der Waals surface area contributed by atoms with E-state index in [0.29, 0.717) is 20.9 Å². The quantitative estimate of drug-likeness (QED) is 0.599. The number of rotatable bonds is 3. The van der Waals surface area contributed by atoms with Crippen LogP contribution in [0.1, 0.15) is 40.5 Å². The number of hydrogen-bond acceptors (Lipinski definition) is 4. The van der Waals surface area contributed by atoms with Crippen LogP contribution in [0.15, 0.2) is 22.9 Å². The fourth-order valence-corrected chi connectivity index (χ4v) is 1.54. The van der Waals surface area contributed by atoms with E-state index in [1.807, 2.05) is 34.4 Å². The summed E-state index contributed by atoms with van der Waals surface area (Å²) < 4.78 is 4.94. The SMILES string of the molecule is COC(C)(C)C.CPN[C@@H](C)C=O.OC1=CC=C(Cl)CC1. The number of ether oxygens (including phenoxy) is 1. The van der Waals surface area contributed by atoms with Crippen LogP contribution in [0.2, 0.25) is 0 Å². The summed E-state index contributed by atoms with van der Waals surface area (Å²) in [5.41, 5.74) is 0.0417. The van der Waals surface area contributed by atoms with E-state index in [9.17, 15) is 4.79 Å². The molecule has 1 aliphatic carbocycles. The molecule has 1 unspecified atom stereocenters. The van der Waals surface area contributed by atoms with Gasteiger partial charge in [-0.05, 0) is 52.9 Å². The summed E-state index contributed by atoms with van der Waals surface area (Å²) >= 11 is 5.59. The molecule has 0 amide bonds. The molecule has 0 radical (unpaired) electrons. The first-order valence-electron chi connectivity index (χ1n) is 6.83. The van der Waals surface area contributed by atoms with Crippen LogP contribution in [0, 0.1) is 0 Å². The van der Waals surface area contributed by atoms with Crippen LogP contribution in [-0.2, 0) is 9.53 Å². The van der Waals surface area contributed by atoms with E-state index in [1.165, 1.54) is 0 Å². The number of nitrogens with one attached hydrogen (secondary N) is 1. The second-order valence-electron chi connectivity index (χ2n) is 5.41. The van der Waals surface area contributed by atoms with Crippen molar-refractivity contribution in [3.8, 4) is 0 Å². The highest BCUT2D eigenvalue weighted by Crippen LogP contribution is 2.18. The van der Waals surface area contributed by atoms with Gasteiger partial charge in [0.1, 0.15) is 6.29 Å². The molecule has 2 atom stereocenters. The van der Waals surface area contributed by atoms with Crippen molar-refractivity contribution in [2.45, 2.75) is 52.2 Å². The number of aldehydes is 1. The van der Waals surface area contributed by atoms with E-state index in [1.54, 1.807) is 19.3 Å². The predicted molar refractivity (Wildman–Crippen MR) is 93.5 cm³/mol. The summed E-state index contributed by atoms with van der Waals surface area (Å²) in [4.78, 5) is 9.84. The zero-order valence-corrected chi connectivity index (χ0v) is 15.6. The van der Waals surface area contributed by atoms with Gasteiger partial charge in [-0.3, -0.25) is 5.09 Å². The maximum atomic E-state index is 9.84. The largest absolute Gasteiger partial charge is 0.512 e. The molecule has 0 aromatic heterocycles. The van der Waals surface area contributed by atoms with Gasteiger partial charge in [-0.15, -0.1) is 0 Å². The standard InChI is InChI=1S/C6H7ClO.C5H12O.C4H10NOP/c7-5-1-3-6(8)4-2-5;1-5(2,3)6-4;1-4(3-6)5-7-2/h1,3,8H,2,4H2;1-4H3;3-5,7H,1-2H3/t;;4-/m..0/s1. The Balaban J connectivity index is 0. The third-order valence-corrected chi connectivity index (χ3v) is 3.32. The van der Waals surface area contributed by atoms with E-state index in [2.05, 4.69) is 5.09 Å². The summed E-state index contributed by atoms with van der Waals surface area (Å²) in [7, 11) is 2.37. The van der Waals surface area contributed by atoms with Gasteiger partial charge >= 0.3 is 0 Å². The Labute approximate surface area is 135 Å². The van der Waals surface area contributed by atoms with Gasteiger partial charge in [0.2, 0.25) is 0 Å². The number of aliphatic hydroxyl groups excluding tert-OH is 1. The van der Waals surface area contributed by atoms with Crippen LogP contribution in [0.5, 0.6) is 0 Å². The van der Waals surface area contributed by atoms with Crippen molar-refractivity contribution in [2.24, 2.45) is 0 Å². The monoisotopic (exact) mass is 337 g/mol. The molecule has 21 heavy (non-hydrogen) atoms. The van der Waals surface area contributed by atoms with Gasteiger partial charge < -0.3 is 14.6 Å². The van der Waals surface area contributed by atoms with E-state index < -0.39 is 0 Å². The average molecular weight is 338 g/mol. The van der Waals surface area contributed by atoms with Crippen LogP contribution in [0.4, 0.5) is 0 Å². The first kappa shape index (κ1) is 22.9. The normalized spacial score (nSPS) is 16.0. The average Bonchev–Trinajstić information content (AvgIpc) is 2.43. The van der Waals surface area contributed by atoms with Crippen molar-refractivity contribution in [1.29, 1.82) is 0 Å². The molecule has 0 heterocycles. The van der Waals surface area contributed by atoms with Crippen LogP contribution in [0.3, 0.4) is 0 Å². The Morgan fingerprint density at radius 3 is 2.14 bits per heavy atom. The zero-order valence-electron chi connectivity index (χ0n) is 13.9. The van der Waals surface area contributed by atoms with Gasteiger partial charge in [-0.1, -0.05) is 20.3 Å². The number of hydrogen-bond donors (Lipinski definition) is 2. The van der Waals surface area contributed by atoms with Gasteiger partial charge in [0.25, 0.3) is 0 Å². The molecule has 0 aliphatic heterocycles. The minimum atomic E-state index is 0.0309. The van der Waals surface area contributed by atoms with Gasteiger partial charge in [0.15, 0.2) is 0 Å². The van der Waals surface area contributed by atoms with Crippen molar-refractivity contribution < 1.29 is 14.6 Å². The molecule has 124 valence electrons. The summed E-state index contributed by atoms with van der Waals surface area (Å²) in [6, 6.07) is 0.0309. The zero-order chi connectivity index (χ0) is 16.9. The minimum absolute atomic E-state index is 0.0309. The fraction of sp³-hybridized carbons (Fsp3) is 0.667. The second kappa shape index (κ2) is 13.3. The molecular weight excluding hydrogens is 309 g/mol. The van der Waals surface area contributed by atoms with Crippen molar-refractivity contribution in [3.63, 3.8) is 0 Å². The van der Waals surface area contributed by atoms with E-state index in [-0.39, 0.29) is 11.6 Å². The Morgan fingerprint density at radius 2 is 1.95 bits per heavy atom. The topological polar surface area (TPSA) is 58.6 Å². The van der Waals surface area contributed by atoms with Crippen molar-refractivity contribution in [1.82, 2.24) is 5.09 Å². The molecule has 6 heteroatoms. The Hall–Kier alpha value is -0.410. The Bertz CT molecular complexity index is 320. The van der Waals surface area contributed by atoms with Crippen molar-refractivity contribution in [2.75, 3.05) is 13.8 Å². The minimum Gasteiger partial charge on any atom is -0.512 e. The van der Waals surface area contributed by atoms with Gasteiger partial charge in [-0.2, -0.15) is 0 Å². The summed E-state index contributed by atoms with van der Waals surface area (Å²) in [6.07, 6.45) is 5.72. The van der Waals surface area contributed by atoms with Crippen LogP contribution < -0.4 is 5.09 Å². The number of halogens is 1. The van der Waals surface area contributed by atoms with Crippen LogP contribution in [-0.4, -0.2) is 36.8 Å². The molecule has 2 N–H and O–H groups in total. The van der Waals surface area contributed by atoms with Crippen LogP contribution >= 0.6 is 20.3 Å². The van der Waals surface area contributed by atoms with E-state index >= 15 is 0 Å². The number of carbonyl (C=O) groups excluding carboxylic acids is 1. The smallest absolute Gasteiger partial charge is 0.136 e. The van der Waals surface area contributed by atoms with Crippen LogP contribution in [0.25, 0.3) is 0 Å². The first-order valence-corrected chi connectivity index (χ1v) is 8.71. The highest BCUT2D eigenvalue weighted by molar-refractivity contribution is 7.34. The first-order chi connectivity index (χ1) is 9.66. The molecule has 0 aromatic rings. The number of carbonyl (C=O) groups is 1. The fourth-order valence-electron chi connectivity index (χ4n) is 0.862. The summed E-state index contributed by atoms with van der Waals surface area (Å²) in [5.74, 6) is 0.425. The van der Waals surface area contributed by atoms with Crippen molar-refractivity contribution >= 4 is 26.6 Å². The molecule has 1 aliphatic rings.